The summed E-state index contributed by atoms with van der Waals surface area (Å²) >= 11 is 0. The Morgan fingerprint density at radius 3 is 2.88 bits per heavy atom. The molecule has 6 nitrogen and oxygen atoms in total. The van der Waals surface area contributed by atoms with E-state index in [9.17, 15) is 4.79 Å². The molecule has 1 aromatic heterocycles. The standard InChI is InChI=1S/C19H17N3O3/c1-22-9-8-20-18(22)14-4-2-3-5-15(14)19(23)21-11-13-6-7-16-17(10-13)25-12-24-16/h2-10H,11-12H2,1H3,(H,21,23). The second-order valence-corrected chi connectivity index (χ2v) is 5.78. The molecule has 0 unspecified atom stereocenters. The summed E-state index contributed by atoms with van der Waals surface area (Å²) in [6.45, 7) is 0.645. The van der Waals surface area contributed by atoms with Gasteiger partial charge >= 0.3 is 0 Å². The minimum atomic E-state index is -0.142. The van der Waals surface area contributed by atoms with E-state index in [0.717, 1.165) is 22.7 Å². The molecule has 0 spiro atoms. The maximum atomic E-state index is 12.7. The maximum Gasteiger partial charge on any atom is 0.252 e. The van der Waals surface area contributed by atoms with E-state index in [0.29, 0.717) is 17.9 Å². The number of nitrogens with zero attached hydrogens (tertiary/aromatic N) is 2. The van der Waals surface area contributed by atoms with Gasteiger partial charge in [0.05, 0.1) is 5.56 Å². The molecule has 0 fully saturated rings. The highest BCUT2D eigenvalue weighted by Crippen LogP contribution is 2.32. The third kappa shape index (κ3) is 2.94. The molecule has 0 atom stereocenters. The van der Waals surface area contributed by atoms with E-state index in [2.05, 4.69) is 10.3 Å². The zero-order valence-electron chi connectivity index (χ0n) is 13.7. The number of ether oxygens (including phenoxy) is 2. The molecule has 0 saturated carbocycles. The Bertz CT molecular complexity index is 933. The van der Waals surface area contributed by atoms with Gasteiger partial charge in [-0.25, -0.2) is 4.98 Å². The van der Waals surface area contributed by atoms with Crippen LogP contribution in [0.3, 0.4) is 0 Å². The van der Waals surface area contributed by atoms with Crippen LogP contribution >= 0.6 is 0 Å². The molecule has 0 aliphatic carbocycles. The molecule has 3 aromatic rings. The Balaban J connectivity index is 1.53. The Morgan fingerprint density at radius 2 is 2.04 bits per heavy atom. The van der Waals surface area contributed by atoms with Gasteiger partial charge in [-0.3, -0.25) is 4.79 Å². The number of amides is 1. The molecule has 0 saturated heterocycles. The minimum Gasteiger partial charge on any atom is -0.454 e. The van der Waals surface area contributed by atoms with Crippen molar-refractivity contribution in [2.75, 3.05) is 6.79 Å². The fourth-order valence-corrected chi connectivity index (χ4v) is 2.83. The van der Waals surface area contributed by atoms with Crippen molar-refractivity contribution in [2.45, 2.75) is 6.54 Å². The Morgan fingerprint density at radius 1 is 1.20 bits per heavy atom. The zero-order chi connectivity index (χ0) is 17.2. The average Bonchev–Trinajstić information content (AvgIpc) is 3.27. The summed E-state index contributed by atoms with van der Waals surface area (Å²) in [5, 5.41) is 2.96. The van der Waals surface area contributed by atoms with E-state index in [4.69, 9.17) is 9.47 Å². The number of imidazole rings is 1. The van der Waals surface area contributed by atoms with Crippen molar-refractivity contribution in [3.05, 3.63) is 66.0 Å². The van der Waals surface area contributed by atoms with Crippen LogP contribution in [0.5, 0.6) is 11.5 Å². The molecule has 6 heteroatoms. The molecule has 126 valence electrons. The average molecular weight is 335 g/mol. The van der Waals surface area contributed by atoms with Crippen molar-refractivity contribution in [1.29, 1.82) is 0 Å². The van der Waals surface area contributed by atoms with Crippen LogP contribution in [0.25, 0.3) is 11.4 Å². The summed E-state index contributed by atoms with van der Waals surface area (Å²) in [7, 11) is 1.91. The molecule has 1 aliphatic rings. The number of hydrogen-bond acceptors (Lipinski definition) is 4. The van der Waals surface area contributed by atoms with Gasteiger partial charge in [0.2, 0.25) is 6.79 Å². The molecular formula is C19H17N3O3. The first-order valence-corrected chi connectivity index (χ1v) is 7.96. The third-order valence-electron chi connectivity index (χ3n) is 4.12. The molecule has 2 heterocycles. The Kier molecular flexibility index (Phi) is 3.85. The normalized spacial score (nSPS) is 12.2. The quantitative estimate of drug-likeness (QED) is 0.796. The first kappa shape index (κ1) is 15.3. The van der Waals surface area contributed by atoms with E-state index < -0.39 is 0 Å². The smallest absolute Gasteiger partial charge is 0.252 e. The van der Waals surface area contributed by atoms with Crippen LogP contribution in [0.1, 0.15) is 15.9 Å². The van der Waals surface area contributed by atoms with Gasteiger partial charge in [-0.1, -0.05) is 24.3 Å². The van der Waals surface area contributed by atoms with Crippen LogP contribution < -0.4 is 14.8 Å². The predicted octanol–water partition coefficient (Wildman–Crippen LogP) is 2.75. The van der Waals surface area contributed by atoms with Gasteiger partial charge in [-0.2, -0.15) is 0 Å². The highest BCUT2D eigenvalue weighted by molar-refractivity contribution is 6.00. The minimum absolute atomic E-state index is 0.142. The zero-order valence-corrected chi connectivity index (χ0v) is 13.7. The molecule has 1 N–H and O–H groups in total. The maximum absolute atomic E-state index is 12.7. The van der Waals surface area contributed by atoms with Crippen molar-refractivity contribution in [3.8, 4) is 22.9 Å². The number of aromatic nitrogens is 2. The van der Waals surface area contributed by atoms with Crippen molar-refractivity contribution in [3.63, 3.8) is 0 Å². The van der Waals surface area contributed by atoms with Crippen molar-refractivity contribution in [1.82, 2.24) is 14.9 Å². The number of carbonyl (C=O) groups is 1. The van der Waals surface area contributed by atoms with Crippen LogP contribution in [0.2, 0.25) is 0 Å². The molecular weight excluding hydrogens is 318 g/mol. The number of nitrogens with one attached hydrogen (secondary N) is 1. The predicted molar refractivity (Wildman–Crippen MR) is 92.4 cm³/mol. The molecule has 0 bridgehead atoms. The van der Waals surface area contributed by atoms with Crippen molar-refractivity contribution in [2.24, 2.45) is 7.05 Å². The number of carbonyl (C=O) groups excluding carboxylic acids is 1. The molecule has 1 aliphatic heterocycles. The van der Waals surface area contributed by atoms with E-state index in [1.807, 2.05) is 54.2 Å². The highest BCUT2D eigenvalue weighted by atomic mass is 16.7. The third-order valence-corrected chi connectivity index (χ3v) is 4.12. The summed E-state index contributed by atoms with van der Waals surface area (Å²) in [6, 6.07) is 13.1. The van der Waals surface area contributed by atoms with Gasteiger partial charge in [0, 0.05) is 31.5 Å². The lowest BCUT2D eigenvalue weighted by molar-refractivity contribution is 0.0951. The molecule has 0 radical (unpaired) electrons. The second-order valence-electron chi connectivity index (χ2n) is 5.78. The van der Waals surface area contributed by atoms with E-state index in [1.54, 1.807) is 12.3 Å². The first-order chi connectivity index (χ1) is 12.2. The summed E-state index contributed by atoms with van der Waals surface area (Å²) < 4.78 is 12.6. The van der Waals surface area contributed by atoms with Gasteiger partial charge in [-0.15, -0.1) is 0 Å². The van der Waals surface area contributed by atoms with Crippen molar-refractivity contribution < 1.29 is 14.3 Å². The number of rotatable bonds is 4. The van der Waals surface area contributed by atoms with Crippen LogP contribution in [0.4, 0.5) is 0 Å². The molecule has 1 amide bonds. The van der Waals surface area contributed by atoms with Crippen molar-refractivity contribution >= 4 is 5.91 Å². The lowest BCUT2D eigenvalue weighted by Crippen LogP contribution is -2.23. The van der Waals surface area contributed by atoms with Gasteiger partial charge in [-0.05, 0) is 23.8 Å². The fraction of sp³-hybridized carbons (Fsp3) is 0.158. The van der Waals surface area contributed by atoms with Crippen LogP contribution in [0.15, 0.2) is 54.9 Å². The largest absolute Gasteiger partial charge is 0.454 e. The van der Waals surface area contributed by atoms with Crippen LogP contribution in [0, 0.1) is 0 Å². The SMILES string of the molecule is Cn1ccnc1-c1ccccc1C(=O)NCc1ccc2c(c1)OCO2. The Hall–Kier alpha value is -3.28. The van der Waals surface area contributed by atoms with Gasteiger partial charge in [0.25, 0.3) is 5.91 Å². The molecule has 2 aromatic carbocycles. The highest BCUT2D eigenvalue weighted by Gasteiger charge is 2.16. The molecule has 4 rings (SSSR count). The number of hydrogen-bond donors (Lipinski definition) is 1. The van der Waals surface area contributed by atoms with Gasteiger partial charge < -0.3 is 19.4 Å². The fourth-order valence-electron chi connectivity index (χ4n) is 2.83. The van der Waals surface area contributed by atoms with Crippen LogP contribution in [-0.4, -0.2) is 22.3 Å². The number of fused-ring (bicyclic) bond motifs is 1. The Labute approximate surface area is 145 Å². The first-order valence-electron chi connectivity index (χ1n) is 7.96. The lowest BCUT2D eigenvalue weighted by atomic mass is 10.1. The van der Waals surface area contributed by atoms with Gasteiger partial charge in [0.1, 0.15) is 5.82 Å². The lowest BCUT2D eigenvalue weighted by Gasteiger charge is -2.10. The van der Waals surface area contributed by atoms with E-state index in [1.165, 1.54) is 0 Å². The molecule has 25 heavy (non-hydrogen) atoms. The topological polar surface area (TPSA) is 65.4 Å². The summed E-state index contributed by atoms with van der Waals surface area (Å²) in [6.07, 6.45) is 3.58. The van der Waals surface area contributed by atoms with Gasteiger partial charge in [0.15, 0.2) is 11.5 Å². The summed E-state index contributed by atoms with van der Waals surface area (Å²) in [5.74, 6) is 2.06. The summed E-state index contributed by atoms with van der Waals surface area (Å²) in [5.41, 5.74) is 2.35. The number of benzene rings is 2. The second kappa shape index (κ2) is 6.32. The monoisotopic (exact) mass is 335 g/mol. The van der Waals surface area contributed by atoms with Crippen LogP contribution in [-0.2, 0) is 13.6 Å². The van der Waals surface area contributed by atoms with E-state index in [-0.39, 0.29) is 12.7 Å². The van der Waals surface area contributed by atoms with E-state index >= 15 is 0 Å². The number of aryl methyl sites for hydroxylation is 1. The summed E-state index contributed by atoms with van der Waals surface area (Å²) in [4.78, 5) is 17.0.